The summed E-state index contributed by atoms with van der Waals surface area (Å²) in [5.41, 5.74) is 1.31. The third-order valence-electron chi connectivity index (χ3n) is 3.13. The summed E-state index contributed by atoms with van der Waals surface area (Å²) in [6, 6.07) is 2.12. The number of likely N-dealkylation sites (N-methyl/N-ethyl adjacent to an activating group) is 1. The quantitative estimate of drug-likeness (QED) is 0.870. The van der Waals surface area contributed by atoms with E-state index in [4.69, 9.17) is 0 Å². The summed E-state index contributed by atoms with van der Waals surface area (Å²) in [5.74, 6) is 0.671. The molecule has 1 aromatic heterocycles. The number of hydrogen-bond acceptors (Lipinski definition) is 3. The minimum absolute atomic E-state index is 0.0883. The number of hydrogen-bond donors (Lipinski definition) is 1. The van der Waals surface area contributed by atoms with Crippen LogP contribution in [0.5, 0.6) is 0 Å². The summed E-state index contributed by atoms with van der Waals surface area (Å²) in [6.45, 7) is 9.33. The van der Waals surface area contributed by atoms with Gasteiger partial charge in [0.25, 0.3) is 0 Å². The highest BCUT2D eigenvalue weighted by Crippen LogP contribution is 2.20. The molecule has 108 valence electrons. The Bertz CT molecular complexity index is 424. The number of nitrogens with zero attached hydrogens (tertiary/aromatic N) is 1. The first-order valence-corrected chi connectivity index (χ1v) is 7.63. The number of carbonyl (C=O) groups excluding carboxylic acids is 1. The lowest BCUT2D eigenvalue weighted by Gasteiger charge is -2.23. The molecule has 19 heavy (non-hydrogen) atoms. The molecule has 0 radical (unpaired) electrons. The Morgan fingerprint density at radius 3 is 2.42 bits per heavy atom. The first-order chi connectivity index (χ1) is 8.81. The molecule has 1 unspecified atom stereocenters. The standard InChI is InChI=1S/C15H26N2OS/c1-10(2)7-14(15(18)17(5)6)16-9-13-8-11(3)19-12(13)4/h8,10,14,16H,7,9H2,1-6H3. The maximum absolute atomic E-state index is 12.2. The molecule has 0 spiro atoms. The number of nitrogens with one attached hydrogen (secondary N) is 1. The Morgan fingerprint density at radius 2 is 2.00 bits per heavy atom. The first kappa shape index (κ1) is 16.2. The fourth-order valence-electron chi connectivity index (χ4n) is 2.15. The zero-order chi connectivity index (χ0) is 14.6. The minimum Gasteiger partial charge on any atom is -0.347 e. The van der Waals surface area contributed by atoms with Gasteiger partial charge in [-0.3, -0.25) is 4.79 Å². The van der Waals surface area contributed by atoms with E-state index in [1.54, 1.807) is 4.90 Å². The van der Waals surface area contributed by atoms with Crippen molar-refractivity contribution in [1.29, 1.82) is 0 Å². The van der Waals surface area contributed by atoms with Gasteiger partial charge in [-0.25, -0.2) is 0 Å². The molecule has 0 fully saturated rings. The van der Waals surface area contributed by atoms with Gasteiger partial charge in [-0.1, -0.05) is 13.8 Å². The van der Waals surface area contributed by atoms with Gasteiger partial charge in [0.15, 0.2) is 0 Å². The molecule has 0 saturated carbocycles. The number of amides is 1. The highest BCUT2D eigenvalue weighted by atomic mass is 32.1. The van der Waals surface area contributed by atoms with Crippen molar-refractivity contribution in [2.24, 2.45) is 5.92 Å². The molecule has 1 rings (SSSR count). The van der Waals surface area contributed by atoms with Crippen molar-refractivity contribution < 1.29 is 4.79 Å². The van der Waals surface area contributed by atoms with Gasteiger partial charge >= 0.3 is 0 Å². The summed E-state index contributed by atoms with van der Waals surface area (Å²) < 4.78 is 0. The molecule has 0 bridgehead atoms. The van der Waals surface area contributed by atoms with Crippen LogP contribution in [-0.2, 0) is 11.3 Å². The highest BCUT2D eigenvalue weighted by Gasteiger charge is 2.21. The topological polar surface area (TPSA) is 32.3 Å². The zero-order valence-corrected chi connectivity index (χ0v) is 13.7. The third kappa shape index (κ3) is 4.96. The lowest BCUT2D eigenvalue weighted by Crippen LogP contribution is -2.44. The summed E-state index contributed by atoms with van der Waals surface area (Å²) >= 11 is 1.81. The van der Waals surface area contributed by atoms with E-state index in [0.717, 1.165) is 13.0 Å². The fraction of sp³-hybridized carbons (Fsp3) is 0.667. The van der Waals surface area contributed by atoms with Crippen molar-refractivity contribution in [1.82, 2.24) is 10.2 Å². The van der Waals surface area contributed by atoms with E-state index in [0.29, 0.717) is 5.92 Å². The van der Waals surface area contributed by atoms with Gasteiger partial charge in [0.2, 0.25) is 5.91 Å². The van der Waals surface area contributed by atoms with Gasteiger partial charge in [-0.05, 0) is 37.8 Å². The van der Waals surface area contributed by atoms with Gasteiger partial charge < -0.3 is 10.2 Å². The average Bonchev–Trinajstić information content (AvgIpc) is 2.61. The van der Waals surface area contributed by atoms with Crippen molar-refractivity contribution >= 4 is 17.2 Å². The Kier molecular flexibility index (Phi) is 6.01. The highest BCUT2D eigenvalue weighted by molar-refractivity contribution is 7.12. The third-order valence-corrected chi connectivity index (χ3v) is 4.14. The van der Waals surface area contributed by atoms with Crippen molar-refractivity contribution in [3.63, 3.8) is 0 Å². The molecule has 1 amide bonds. The smallest absolute Gasteiger partial charge is 0.239 e. The Morgan fingerprint density at radius 1 is 1.37 bits per heavy atom. The SMILES string of the molecule is Cc1cc(CNC(CC(C)C)C(=O)N(C)C)c(C)s1. The second-order valence-corrected chi connectivity index (χ2v) is 7.19. The number of aryl methyl sites for hydroxylation is 2. The summed E-state index contributed by atoms with van der Waals surface area (Å²) in [7, 11) is 3.63. The summed E-state index contributed by atoms with van der Waals surface area (Å²) in [6.07, 6.45) is 0.874. The minimum atomic E-state index is -0.0883. The Hall–Kier alpha value is -0.870. The van der Waals surface area contributed by atoms with E-state index in [1.807, 2.05) is 25.4 Å². The molecular formula is C15H26N2OS. The second-order valence-electron chi connectivity index (χ2n) is 5.73. The van der Waals surface area contributed by atoms with Crippen LogP contribution in [0.15, 0.2) is 6.07 Å². The van der Waals surface area contributed by atoms with E-state index in [1.165, 1.54) is 15.3 Å². The van der Waals surface area contributed by atoms with Crippen LogP contribution >= 0.6 is 11.3 Å². The maximum atomic E-state index is 12.2. The maximum Gasteiger partial charge on any atom is 0.239 e. The van der Waals surface area contributed by atoms with E-state index in [9.17, 15) is 4.79 Å². The van der Waals surface area contributed by atoms with Gasteiger partial charge in [-0.15, -0.1) is 11.3 Å². The normalized spacial score (nSPS) is 12.8. The molecule has 3 nitrogen and oxygen atoms in total. The lowest BCUT2D eigenvalue weighted by atomic mass is 10.0. The molecule has 1 atom stereocenters. The summed E-state index contributed by atoms with van der Waals surface area (Å²) in [4.78, 5) is 16.5. The van der Waals surface area contributed by atoms with Gasteiger partial charge in [0, 0.05) is 30.4 Å². The van der Waals surface area contributed by atoms with Gasteiger partial charge in [0.05, 0.1) is 6.04 Å². The first-order valence-electron chi connectivity index (χ1n) is 6.81. The van der Waals surface area contributed by atoms with Gasteiger partial charge in [0.1, 0.15) is 0 Å². The second kappa shape index (κ2) is 7.06. The van der Waals surface area contributed by atoms with Crippen LogP contribution < -0.4 is 5.32 Å². The summed E-state index contributed by atoms with van der Waals surface area (Å²) in [5, 5.41) is 3.42. The van der Waals surface area contributed by atoms with Crippen LogP contribution in [0.4, 0.5) is 0 Å². The predicted molar refractivity (Wildman–Crippen MR) is 82.6 cm³/mol. The van der Waals surface area contributed by atoms with Crippen LogP contribution in [-0.4, -0.2) is 30.9 Å². The van der Waals surface area contributed by atoms with E-state index in [-0.39, 0.29) is 11.9 Å². The van der Waals surface area contributed by atoms with Crippen molar-refractivity contribution in [2.45, 2.75) is 46.7 Å². The van der Waals surface area contributed by atoms with Gasteiger partial charge in [-0.2, -0.15) is 0 Å². The molecule has 0 saturated heterocycles. The molecule has 1 N–H and O–H groups in total. The molecule has 0 aromatic carbocycles. The fourth-order valence-corrected chi connectivity index (χ4v) is 3.09. The zero-order valence-electron chi connectivity index (χ0n) is 12.9. The number of carbonyl (C=O) groups is 1. The largest absolute Gasteiger partial charge is 0.347 e. The van der Waals surface area contributed by atoms with Crippen LogP contribution in [0.2, 0.25) is 0 Å². The molecule has 0 aliphatic rings. The molecule has 1 heterocycles. The molecule has 4 heteroatoms. The molecule has 1 aromatic rings. The van der Waals surface area contributed by atoms with Crippen LogP contribution in [0.3, 0.4) is 0 Å². The molecule has 0 aliphatic carbocycles. The van der Waals surface area contributed by atoms with Crippen LogP contribution in [0.25, 0.3) is 0 Å². The lowest BCUT2D eigenvalue weighted by molar-refractivity contribution is -0.131. The molecule has 0 aliphatic heterocycles. The predicted octanol–water partition coefficient (Wildman–Crippen LogP) is 2.96. The molecular weight excluding hydrogens is 256 g/mol. The monoisotopic (exact) mass is 282 g/mol. The van der Waals surface area contributed by atoms with Crippen molar-refractivity contribution in [3.05, 3.63) is 21.4 Å². The Labute approximate surface area is 121 Å². The van der Waals surface area contributed by atoms with E-state index < -0.39 is 0 Å². The number of rotatable bonds is 6. The number of thiophene rings is 1. The van der Waals surface area contributed by atoms with E-state index >= 15 is 0 Å². The Balaban J connectivity index is 2.67. The average molecular weight is 282 g/mol. The van der Waals surface area contributed by atoms with Crippen molar-refractivity contribution in [2.75, 3.05) is 14.1 Å². The van der Waals surface area contributed by atoms with E-state index in [2.05, 4.69) is 39.1 Å². The van der Waals surface area contributed by atoms with Crippen molar-refractivity contribution in [3.8, 4) is 0 Å². The van der Waals surface area contributed by atoms with Crippen LogP contribution in [0, 0.1) is 19.8 Å². The van der Waals surface area contributed by atoms with Crippen LogP contribution in [0.1, 0.15) is 35.6 Å².